The van der Waals surface area contributed by atoms with E-state index in [4.69, 9.17) is 4.74 Å². The lowest BCUT2D eigenvalue weighted by Crippen LogP contribution is -2.33. The molecule has 0 atom stereocenters. The second-order valence-corrected chi connectivity index (χ2v) is 7.02. The van der Waals surface area contributed by atoms with E-state index in [0.29, 0.717) is 16.9 Å². The molecule has 9 nitrogen and oxygen atoms in total. The van der Waals surface area contributed by atoms with Crippen molar-refractivity contribution in [2.45, 2.75) is 6.18 Å². The quantitative estimate of drug-likeness (QED) is 0.465. The third-order valence-corrected chi connectivity index (χ3v) is 4.95. The molecule has 0 radical (unpaired) electrons. The smallest absolute Gasteiger partial charge is 0.416 e. The van der Waals surface area contributed by atoms with E-state index in [1.54, 1.807) is 0 Å². The number of rotatable bonds is 4. The first-order chi connectivity index (χ1) is 15.8. The number of aromatic nitrogens is 4. The Morgan fingerprint density at radius 1 is 0.970 bits per heavy atom. The molecule has 5 rings (SSSR count). The molecule has 12 heteroatoms. The SMILES string of the molecule is O=C1CN(c2cccc(C(F)(F)F)c2)C(=O)N1c1ccc(Oc2ncnc3nc[nH]c23)cc1. The van der Waals surface area contributed by atoms with Crippen molar-refractivity contribution in [1.82, 2.24) is 19.9 Å². The second kappa shape index (κ2) is 7.58. The number of imidazole rings is 1. The van der Waals surface area contributed by atoms with Gasteiger partial charge >= 0.3 is 12.2 Å². The van der Waals surface area contributed by atoms with Gasteiger partial charge in [-0.2, -0.15) is 18.2 Å². The molecule has 0 spiro atoms. The molecule has 1 aliphatic rings. The summed E-state index contributed by atoms with van der Waals surface area (Å²) in [7, 11) is 0. The van der Waals surface area contributed by atoms with Crippen LogP contribution < -0.4 is 14.5 Å². The minimum atomic E-state index is -4.57. The molecule has 33 heavy (non-hydrogen) atoms. The van der Waals surface area contributed by atoms with Crippen LogP contribution in [0.5, 0.6) is 11.6 Å². The number of fused-ring (bicyclic) bond motifs is 1. The standard InChI is InChI=1S/C21H13F3N6O3/c22-21(23,24)12-2-1-3-14(8-12)29-9-16(31)30(20(29)32)13-4-6-15(7-5-13)33-19-17-18(26-10-25-17)27-11-28-19/h1-8,10-11H,9H2,(H,25,26,27,28). The van der Waals surface area contributed by atoms with Gasteiger partial charge in [-0.25, -0.2) is 19.7 Å². The summed E-state index contributed by atoms with van der Waals surface area (Å²) >= 11 is 0. The largest absolute Gasteiger partial charge is 0.437 e. The zero-order valence-corrected chi connectivity index (χ0v) is 16.6. The van der Waals surface area contributed by atoms with Gasteiger partial charge in [0.25, 0.3) is 5.91 Å². The summed E-state index contributed by atoms with van der Waals surface area (Å²) in [6.07, 6.45) is -1.81. The fourth-order valence-electron chi connectivity index (χ4n) is 3.40. The van der Waals surface area contributed by atoms with Gasteiger partial charge in [0.1, 0.15) is 24.1 Å². The topological polar surface area (TPSA) is 104 Å². The zero-order chi connectivity index (χ0) is 23.2. The van der Waals surface area contributed by atoms with Crippen LogP contribution in [-0.2, 0) is 11.0 Å². The number of hydrogen-bond donors (Lipinski definition) is 1. The molecule has 0 unspecified atom stereocenters. The first-order valence-corrected chi connectivity index (χ1v) is 9.55. The molecule has 2 aromatic carbocycles. The van der Waals surface area contributed by atoms with Gasteiger partial charge < -0.3 is 9.72 Å². The lowest BCUT2D eigenvalue weighted by atomic mass is 10.2. The third kappa shape index (κ3) is 3.71. The minimum Gasteiger partial charge on any atom is -0.437 e. The predicted molar refractivity (Wildman–Crippen MR) is 110 cm³/mol. The van der Waals surface area contributed by atoms with E-state index in [1.165, 1.54) is 49.1 Å². The molecular formula is C21H13F3N6O3. The van der Waals surface area contributed by atoms with Crippen LogP contribution in [0.3, 0.4) is 0 Å². The van der Waals surface area contributed by atoms with Crippen molar-refractivity contribution in [3.8, 4) is 11.6 Å². The summed E-state index contributed by atoms with van der Waals surface area (Å²) in [4.78, 5) is 42.2. The predicted octanol–water partition coefficient (Wildman–Crippen LogP) is 4.14. The summed E-state index contributed by atoms with van der Waals surface area (Å²) < 4.78 is 44.8. The Morgan fingerprint density at radius 3 is 2.52 bits per heavy atom. The van der Waals surface area contributed by atoms with E-state index in [0.717, 1.165) is 21.9 Å². The molecule has 1 fully saturated rings. The average molecular weight is 454 g/mol. The van der Waals surface area contributed by atoms with Crippen LogP contribution in [0.4, 0.5) is 29.3 Å². The fourth-order valence-corrected chi connectivity index (χ4v) is 3.40. The maximum Gasteiger partial charge on any atom is 0.416 e. The number of alkyl halides is 3. The van der Waals surface area contributed by atoms with Crippen molar-refractivity contribution in [1.29, 1.82) is 0 Å². The number of imide groups is 1. The first kappa shape index (κ1) is 20.4. The molecule has 1 saturated heterocycles. The molecule has 2 aromatic heterocycles. The molecule has 166 valence electrons. The highest BCUT2D eigenvalue weighted by molar-refractivity contribution is 6.26. The molecule has 0 aliphatic carbocycles. The van der Waals surface area contributed by atoms with Crippen molar-refractivity contribution >= 4 is 34.5 Å². The number of amides is 3. The monoisotopic (exact) mass is 454 g/mol. The Kier molecular flexibility index (Phi) is 4.69. The Hall–Kier alpha value is -4.48. The summed E-state index contributed by atoms with van der Waals surface area (Å²) in [6.45, 7) is -0.378. The van der Waals surface area contributed by atoms with Crippen LogP contribution in [0.25, 0.3) is 11.2 Å². The van der Waals surface area contributed by atoms with Gasteiger partial charge in [0.05, 0.1) is 17.6 Å². The number of nitrogens with one attached hydrogen (secondary N) is 1. The van der Waals surface area contributed by atoms with Gasteiger partial charge in [-0.15, -0.1) is 0 Å². The molecule has 3 amide bonds. The Bertz CT molecular complexity index is 1370. The second-order valence-electron chi connectivity index (χ2n) is 7.02. The number of ether oxygens (including phenoxy) is 1. The number of nitrogens with zero attached hydrogens (tertiary/aromatic N) is 5. The molecule has 3 heterocycles. The number of aromatic amines is 1. The van der Waals surface area contributed by atoms with Gasteiger partial charge in [0.15, 0.2) is 5.65 Å². The van der Waals surface area contributed by atoms with Crippen molar-refractivity contribution in [2.75, 3.05) is 16.3 Å². The summed E-state index contributed by atoms with van der Waals surface area (Å²) in [5.41, 5.74) is 0.262. The van der Waals surface area contributed by atoms with Gasteiger partial charge in [-0.1, -0.05) is 6.07 Å². The Morgan fingerprint density at radius 2 is 1.76 bits per heavy atom. The van der Waals surface area contributed by atoms with Crippen molar-refractivity contribution < 1.29 is 27.5 Å². The zero-order valence-electron chi connectivity index (χ0n) is 16.6. The number of urea groups is 1. The van der Waals surface area contributed by atoms with Gasteiger partial charge in [-0.3, -0.25) is 9.69 Å². The van der Waals surface area contributed by atoms with Gasteiger partial charge in [-0.05, 0) is 42.5 Å². The maximum absolute atomic E-state index is 13.0. The molecule has 4 aromatic rings. The number of anilines is 2. The summed E-state index contributed by atoms with van der Waals surface area (Å²) in [5, 5.41) is 0. The Balaban J connectivity index is 1.37. The normalized spacial score (nSPS) is 14.4. The van der Waals surface area contributed by atoms with E-state index >= 15 is 0 Å². The van der Waals surface area contributed by atoms with Crippen LogP contribution in [-0.4, -0.2) is 38.4 Å². The lowest BCUT2D eigenvalue weighted by Gasteiger charge is -2.18. The van der Waals surface area contributed by atoms with Gasteiger partial charge in [0, 0.05) is 5.69 Å². The van der Waals surface area contributed by atoms with Crippen LogP contribution >= 0.6 is 0 Å². The van der Waals surface area contributed by atoms with Crippen LogP contribution in [0.15, 0.2) is 61.2 Å². The summed E-state index contributed by atoms with van der Waals surface area (Å²) in [6, 6.07) is 9.58. The molecule has 0 bridgehead atoms. The molecule has 0 saturated carbocycles. The number of halogens is 3. The Labute approximate surface area is 183 Å². The number of carbonyl (C=O) groups is 2. The van der Waals surface area contributed by atoms with E-state index in [2.05, 4.69) is 19.9 Å². The number of hydrogen-bond acceptors (Lipinski definition) is 6. The summed E-state index contributed by atoms with van der Waals surface area (Å²) in [5.74, 6) is 0.0533. The maximum atomic E-state index is 13.0. The van der Waals surface area contributed by atoms with E-state index in [1.807, 2.05) is 0 Å². The van der Waals surface area contributed by atoms with Crippen molar-refractivity contribution in [3.63, 3.8) is 0 Å². The van der Waals surface area contributed by atoms with Crippen LogP contribution in [0.1, 0.15) is 5.56 Å². The number of carbonyl (C=O) groups excluding carboxylic acids is 2. The minimum absolute atomic E-state index is 0.0158. The molecule has 1 N–H and O–H groups in total. The van der Waals surface area contributed by atoms with Crippen LogP contribution in [0.2, 0.25) is 0 Å². The van der Waals surface area contributed by atoms with E-state index in [9.17, 15) is 22.8 Å². The molecule has 1 aliphatic heterocycles. The fraction of sp³-hybridized carbons (Fsp3) is 0.0952. The third-order valence-electron chi connectivity index (χ3n) is 4.95. The lowest BCUT2D eigenvalue weighted by molar-refractivity contribution is -0.137. The van der Waals surface area contributed by atoms with Crippen molar-refractivity contribution in [3.05, 3.63) is 66.7 Å². The number of H-pyrrole nitrogens is 1. The highest BCUT2D eigenvalue weighted by atomic mass is 19.4. The highest BCUT2D eigenvalue weighted by Crippen LogP contribution is 2.34. The molecular weight excluding hydrogens is 441 g/mol. The van der Waals surface area contributed by atoms with Crippen molar-refractivity contribution in [2.24, 2.45) is 0 Å². The van der Waals surface area contributed by atoms with Gasteiger partial charge in [0.2, 0.25) is 5.88 Å². The van der Waals surface area contributed by atoms with Crippen LogP contribution in [0, 0.1) is 0 Å². The highest BCUT2D eigenvalue weighted by Gasteiger charge is 2.39. The van der Waals surface area contributed by atoms with E-state index < -0.39 is 23.7 Å². The van der Waals surface area contributed by atoms with E-state index in [-0.39, 0.29) is 23.8 Å². The first-order valence-electron chi connectivity index (χ1n) is 9.55. The number of benzene rings is 2. The average Bonchev–Trinajstić information content (AvgIpc) is 3.39.